The summed E-state index contributed by atoms with van der Waals surface area (Å²) in [6, 6.07) is 7.18. The van der Waals surface area contributed by atoms with E-state index in [-0.39, 0.29) is 5.92 Å². The van der Waals surface area contributed by atoms with Crippen LogP contribution in [0.2, 0.25) is 0 Å². The van der Waals surface area contributed by atoms with E-state index >= 15 is 0 Å². The minimum absolute atomic E-state index is 0.240. The van der Waals surface area contributed by atoms with Gasteiger partial charge in [-0.1, -0.05) is 35.9 Å². The van der Waals surface area contributed by atoms with E-state index in [0.29, 0.717) is 0 Å². The molecule has 0 heterocycles. The lowest BCUT2D eigenvalue weighted by Gasteiger charge is -2.25. The fourth-order valence-electron chi connectivity index (χ4n) is 1.80. The second-order valence-electron chi connectivity index (χ2n) is 5.73. The van der Waals surface area contributed by atoms with Crippen LogP contribution in [0, 0.1) is 6.92 Å². The fraction of sp³-hybridized carbons (Fsp3) is 0.438. The van der Waals surface area contributed by atoms with Gasteiger partial charge in [0.25, 0.3) is 0 Å². The topological polar surface area (TPSA) is 52.3 Å². The summed E-state index contributed by atoms with van der Waals surface area (Å²) in [6.45, 7) is 11.3. The van der Waals surface area contributed by atoms with Crippen molar-refractivity contribution in [2.45, 2.75) is 45.3 Å². The van der Waals surface area contributed by atoms with Gasteiger partial charge in [0.2, 0.25) is 0 Å². The highest BCUT2D eigenvalue weighted by Crippen LogP contribution is 2.22. The molecule has 1 rings (SSSR count). The summed E-state index contributed by atoms with van der Waals surface area (Å²) in [5.74, 6) is -0.645. The molecule has 2 atom stereocenters. The lowest BCUT2D eigenvalue weighted by molar-refractivity contribution is -0.156. The van der Waals surface area contributed by atoms with Crippen LogP contribution >= 0.6 is 0 Å². The molecule has 3 heteroatoms. The summed E-state index contributed by atoms with van der Waals surface area (Å²) in [5, 5.41) is 0. The molecule has 104 valence electrons. The van der Waals surface area contributed by atoms with Crippen LogP contribution in [0.15, 0.2) is 36.9 Å². The van der Waals surface area contributed by atoms with Crippen LogP contribution in [0.25, 0.3) is 0 Å². The maximum atomic E-state index is 12.0. The number of hydrogen-bond acceptors (Lipinski definition) is 3. The Hall–Kier alpha value is -1.61. The quantitative estimate of drug-likeness (QED) is 0.669. The monoisotopic (exact) mass is 261 g/mol. The van der Waals surface area contributed by atoms with Crippen LogP contribution in [0.3, 0.4) is 0 Å². The van der Waals surface area contributed by atoms with E-state index in [2.05, 4.69) is 6.58 Å². The van der Waals surface area contributed by atoms with Crippen LogP contribution < -0.4 is 5.73 Å². The molecule has 0 radical (unpaired) electrons. The van der Waals surface area contributed by atoms with Crippen molar-refractivity contribution >= 4 is 5.97 Å². The van der Waals surface area contributed by atoms with E-state index in [1.54, 1.807) is 6.08 Å². The molecule has 0 unspecified atom stereocenters. The van der Waals surface area contributed by atoms with E-state index in [0.717, 1.165) is 11.1 Å². The molecule has 0 bridgehead atoms. The molecule has 0 aliphatic rings. The van der Waals surface area contributed by atoms with Gasteiger partial charge in [-0.15, -0.1) is 6.58 Å². The number of aryl methyl sites for hydroxylation is 1. The molecule has 0 amide bonds. The first-order valence-electron chi connectivity index (χ1n) is 6.42. The molecular formula is C16H23NO2. The van der Waals surface area contributed by atoms with E-state index in [1.807, 2.05) is 52.0 Å². The number of nitrogens with two attached hydrogens (primary N) is 1. The summed E-state index contributed by atoms with van der Waals surface area (Å²) in [7, 11) is 0. The second kappa shape index (κ2) is 6.02. The highest BCUT2D eigenvalue weighted by Gasteiger charge is 2.28. The Balaban J connectivity index is 2.88. The normalized spacial score (nSPS) is 14.6. The minimum Gasteiger partial charge on any atom is -0.459 e. The van der Waals surface area contributed by atoms with Crippen molar-refractivity contribution in [3.8, 4) is 0 Å². The largest absolute Gasteiger partial charge is 0.459 e. The first-order valence-corrected chi connectivity index (χ1v) is 6.42. The molecule has 1 aromatic rings. The molecule has 19 heavy (non-hydrogen) atoms. The number of hydrogen-bond donors (Lipinski definition) is 1. The van der Waals surface area contributed by atoms with Crippen molar-refractivity contribution in [3.63, 3.8) is 0 Å². The van der Waals surface area contributed by atoms with Crippen molar-refractivity contribution in [1.82, 2.24) is 0 Å². The van der Waals surface area contributed by atoms with Crippen LogP contribution in [0.4, 0.5) is 0 Å². The van der Waals surface area contributed by atoms with Crippen molar-refractivity contribution in [1.29, 1.82) is 0 Å². The van der Waals surface area contributed by atoms with Crippen molar-refractivity contribution < 1.29 is 9.53 Å². The number of carbonyl (C=O) groups excluding carboxylic acids is 1. The third kappa shape index (κ3) is 4.52. The van der Waals surface area contributed by atoms with Crippen LogP contribution in [-0.2, 0) is 9.53 Å². The molecule has 0 aromatic heterocycles. The van der Waals surface area contributed by atoms with Crippen LogP contribution in [-0.4, -0.2) is 17.6 Å². The molecule has 1 aromatic carbocycles. The maximum absolute atomic E-state index is 12.0. The molecule has 0 saturated heterocycles. The first-order chi connectivity index (χ1) is 8.74. The summed E-state index contributed by atoms with van der Waals surface area (Å²) < 4.78 is 5.32. The Kier molecular flexibility index (Phi) is 4.90. The Bertz CT molecular complexity index is 443. The summed E-state index contributed by atoms with van der Waals surface area (Å²) in [6.07, 6.45) is 1.69. The van der Waals surface area contributed by atoms with Gasteiger partial charge in [-0.25, -0.2) is 0 Å². The predicted octanol–water partition coefficient (Wildman–Crippen LogP) is 2.93. The van der Waals surface area contributed by atoms with Gasteiger partial charge in [0, 0.05) is 5.92 Å². The average molecular weight is 261 g/mol. The SMILES string of the molecule is C=C[C@H](c1ccc(C)cc1)[C@H](N)C(=O)OC(C)(C)C. The second-order valence-corrected chi connectivity index (χ2v) is 5.73. The molecule has 0 saturated carbocycles. The zero-order chi connectivity index (χ0) is 14.6. The van der Waals surface area contributed by atoms with E-state index in [4.69, 9.17) is 10.5 Å². The average Bonchev–Trinajstić information content (AvgIpc) is 2.30. The van der Waals surface area contributed by atoms with Crippen molar-refractivity contribution in [2.24, 2.45) is 5.73 Å². The molecule has 0 fully saturated rings. The highest BCUT2D eigenvalue weighted by molar-refractivity contribution is 5.77. The fourth-order valence-corrected chi connectivity index (χ4v) is 1.80. The minimum atomic E-state index is -0.737. The molecule has 3 nitrogen and oxygen atoms in total. The molecule has 0 spiro atoms. The lowest BCUT2D eigenvalue weighted by atomic mass is 9.91. The summed E-state index contributed by atoms with van der Waals surface area (Å²) >= 11 is 0. The molecule has 0 aliphatic heterocycles. The Labute approximate surface area is 115 Å². The smallest absolute Gasteiger partial charge is 0.324 e. The third-order valence-corrected chi connectivity index (χ3v) is 2.78. The van der Waals surface area contributed by atoms with Crippen LogP contribution in [0.1, 0.15) is 37.8 Å². The zero-order valence-electron chi connectivity index (χ0n) is 12.1. The Morgan fingerprint density at radius 1 is 1.32 bits per heavy atom. The van der Waals surface area contributed by atoms with E-state index < -0.39 is 17.6 Å². The number of benzene rings is 1. The number of ether oxygens (including phenoxy) is 1. The zero-order valence-corrected chi connectivity index (χ0v) is 12.1. The highest BCUT2D eigenvalue weighted by atomic mass is 16.6. The Morgan fingerprint density at radius 2 is 1.84 bits per heavy atom. The lowest BCUT2D eigenvalue weighted by Crippen LogP contribution is -2.41. The van der Waals surface area contributed by atoms with Gasteiger partial charge in [0.05, 0.1) is 0 Å². The number of carbonyl (C=O) groups is 1. The van der Waals surface area contributed by atoms with Gasteiger partial charge in [0.1, 0.15) is 11.6 Å². The first kappa shape index (κ1) is 15.4. The van der Waals surface area contributed by atoms with Crippen molar-refractivity contribution in [3.05, 3.63) is 48.0 Å². The molecular weight excluding hydrogens is 238 g/mol. The third-order valence-electron chi connectivity index (χ3n) is 2.78. The maximum Gasteiger partial charge on any atom is 0.324 e. The van der Waals surface area contributed by atoms with Gasteiger partial charge in [0.15, 0.2) is 0 Å². The molecule has 2 N–H and O–H groups in total. The predicted molar refractivity (Wildman–Crippen MR) is 77.9 cm³/mol. The van der Waals surface area contributed by atoms with Gasteiger partial charge in [-0.05, 0) is 33.3 Å². The molecule has 0 aliphatic carbocycles. The standard InChI is InChI=1S/C16H23NO2/c1-6-13(12-9-7-11(2)8-10-12)14(17)15(18)19-16(3,4)5/h6-10,13-14H,1,17H2,2-5H3/t13-,14+/m1/s1. The van der Waals surface area contributed by atoms with Gasteiger partial charge in [-0.3, -0.25) is 4.79 Å². The van der Waals surface area contributed by atoms with E-state index in [1.165, 1.54) is 0 Å². The van der Waals surface area contributed by atoms with Gasteiger partial charge < -0.3 is 10.5 Å². The van der Waals surface area contributed by atoms with Gasteiger partial charge in [-0.2, -0.15) is 0 Å². The summed E-state index contributed by atoms with van der Waals surface area (Å²) in [5.41, 5.74) is 7.60. The number of esters is 1. The van der Waals surface area contributed by atoms with Crippen LogP contribution in [0.5, 0.6) is 0 Å². The van der Waals surface area contributed by atoms with Gasteiger partial charge >= 0.3 is 5.97 Å². The summed E-state index contributed by atoms with van der Waals surface area (Å²) in [4.78, 5) is 12.0. The Morgan fingerprint density at radius 3 is 2.26 bits per heavy atom. The van der Waals surface area contributed by atoms with Crippen molar-refractivity contribution in [2.75, 3.05) is 0 Å². The van der Waals surface area contributed by atoms with E-state index in [9.17, 15) is 4.79 Å². The number of rotatable bonds is 4.